The van der Waals surface area contributed by atoms with E-state index in [1.807, 2.05) is 30.0 Å². The van der Waals surface area contributed by atoms with Gasteiger partial charge in [-0.25, -0.2) is 0 Å². The quantitative estimate of drug-likeness (QED) is 0.710. The average Bonchev–Trinajstić information content (AvgIpc) is 3.15. The molecule has 0 saturated carbocycles. The number of rotatable bonds is 3. The number of aryl methyl sites for hydroxylation is 2. The van der Waals surface area contributed by atoms with Crippen LogP contribution in [0.25, 0.3) is 0 Å². The Morgan fingerprint density at radius 2 is 2.03 bits per heavy atom. The second-order valence-corrected chi connectivity index (χ2v) is 10.2. The lowest BCUT2D eigenvalue weighted by Crippen LogP contribution is -2.42. The van der Waals surface area contributed by atoms with Gasteiger partial charge < -0.3 is 5.73 Å². The molecule has 0 radical (unpaired) electrons. The number of ketones is 1. The topological polar surface area (TPSA) is 70.1 Å². The summed E-state index contributed by atoms with van der Waals surface area (Å²) in [6.07, 6.45) is 2.15. The van der Waals surface area contributed by atoms with Crippen LogP contribution in [0.4, 0.5) is 5.69 Å². The van der Waals surface area contributed by atoms with E-state index in [0.29, 0.717) is 17.8 Å². The second kappa shape index (κ2) is 7.45. The normalized spacial score (nSPS) is 21.0. The van der Waals surface area contributed by atoms with Crippen molar-refractivity contribution in [2.45, 2.75) is 52.9 Å². The fourth-order valence-electron chi connectivity index (χ4n) is 4.59. The van der Waals surface area contributed by atoms with Crippen LogP contribution in [-0.2, 0) is 11.2 Å². The molecule has 2 aliphatic rings. The van der Waals surface area contributed by atoms with Gasteiger partial charge in [0.25, 0.3) is 0 Å². The number of hydrogen-bond acceptors (Lipinski definition) is 5. The smallest absolute Gasteiger partial charge is 0.162 e. The highest BCUT2D eigenvalue weighted by molar-refractivity contribution is 7.12. The van der Waals surface area contributed by atoms with Crippen LogP contribution in [0, 0.1) is 23.7 Å². The van der Waals surface area contributed by atoms with Crippen LogP contribution in [0.15, 0.2) is 59.1 Å². The van der Waals surface area contributed by atoms with E-state index in [9.17, 15) is 10.1 Å². The SMILES string of the molecule is CCc1ccc([C@H]2C(C#N)=C(N)N(c3cccc(C)c3)C3=C2C(=O)CC(C)(C)C3)s1. The van der Waals surface area contributed by atoms with E-state index in [2.05, 4.69) is 45.0 Å². The first-order chi connectivity index (χ1) is 14.3. The molecule has 4 rings (SSSR count). The first-order valence-corrected chi connectivity index (χ1v) is 11.2. The molecule has 2 aromatic rings. The number of carbonyl (C=O) groups excluding carboxylic acids is 1. The van der Waals surface area contributed by atoms with E-state index in [1.54, 1.807) is 11.3 Å². The Morgan fingerprint density at radius 1 is 1.27 bits per heavy atom. The minimum Gasteiger partial charge on any atom is -0.384 e. The molecule has 1 aliphatic carbocycles. The summed E-state index contributed by atoms with van der Waals surface area (Å²) in [4.78, 5) is 17.7. The number of hydrogen-bond donors (Lipinski definition) is 1. The molecule has 1 atom stereocenters. The second-order valence-electron chi connectivity index (χ2n) is 8.98. The number of nitriles is 1. The molecular weight excluding hydrogens is 390 g/mol. The van der Waals surface area contributed by atoms with Gasteiger partial charge in [0.15, 0.2) is 5.78 Å². The van der Waals surface area contributed by atoms with Crippen molar-refractivity contribution in [3.05, 3.63) is 74.4 Å². The number of nitrogens with two attached hydrogens (primary N) is 1. The molecule has 4 nitrogen and oxygen atoms in total. The molecule has 1 aromatic carbocycles. The monoisotopic (exact) mass is 417 g/mol. The molecule has 154 valence electrons. The zero-order valence-corrected chi connectivity index (χ0v) is 18.8. The highest BCUT2D eigenvalue weighted by Crippen LogP contribution is 2.51. The van der Waals surface area contributed by atoms with Gasteiger partial charge in [0.2, 0.25) is 0 Å². The van der Waals surface area contributed by atoms with E-state index < -0.39 is 0 Å². The van der Waals surface area contributed by atoms with Crippen molar-refractivity contribution in [1.29, 1.82) is 5.26 Å². The Hall–Kier alpha value is -2.84. The maximum absolute atomic E-state index is 13.5. The van der Waals surface area contributed by atoms with Gasteiger partial charge in [-0.3, -0.25) is 9.69 Å². The van der Waals surface area contributed by atoms with Crippen molar-refractivity contribution in [3.63, 3.8) is 0 Å². The Bertz CT molecular complexity index is 1130. The molecule has 0 bridgehead atoms. The third-order valence-electron chi connectivity index (χ3n) is 5.96. The molecule has 0 saturated heterocycles. The largest absolute Gasteiger partial charge is 0.384 e. The van der Waals surface area contributed by atoms with Crippen LogP contribution >= 0.6 is 11.3 Å². The molecule has 0 spiro atoms. The summed E-state index contributed by atoms with van der Waals surface area (Å²) >= 11 is 1.67. The van der Waals surface area contributed by atoms with Gasteiger partial charge in [0.1, 0.15) is 5.82 Å². The van der Waals surface area contributed by atoms with Crippen LogP contribution in [0.5, 0.6) is 0 Å². The molecule has 1 aliphatic heterocycles. The molecule has 30 heavy (non-hydrogen) atoms. The zero-order valence-electron chi connectivity index (χ0n) is 18.0. The van der Waals surface area contributed by atoms with Gasteiger partial charge in [-0.05, 0) is 55.0 Å². The highest BCUT2D eigenvalue weighted by Gasteiger charge is 2.45. The van der Waals surface area contributed by atoms with E-state index in [4.69, 9.17) is 5.73 Å². The van der Waals surface area contributed by atoms with Crippen molar-refractivity contribution in [2.24, 2.45) is 11.1 Å². The standard InChI is InChI=1S/C25H27N3OS/c1-5-17-9-10-21(30-17)22-18(14-26)24(27)28(16-8-6-7-15(2)11-16)19-12-25(3,4)13-20(29)23(19)22/h6-11,22H,5,12-13,27H2,1-4H3/t22-/m1/s1. The number of anilines is 1. The maximum Gasteiger partial charge on any atom is 0.162 e. The number of nitrogens with zero attached hydrogens (tertiary/aromatic N) is 2. The van der Waals surface area contributed by atoms with Crippen molar-refractivity contribution in [2.75, 3.05) is 4.90 Å². The number of allylic oxidation sites excluding steroid dienone is 3. The van der Waals surface area contributed by atoms with Crippen molar-refractivity contribution >= 4 is 22.8 Å². The van der Waals surface area contributed by atoms with Gasteiger partial charge in [-0.15, -0.1) is 11.3 Å². The lowest BCUT2D eigenvalue weighted by molar-refractivity contribution is -0.118. The summed E-state index contributed by atoms with van der Waals surface area (Å²) in [5.74, 6) is 0.180. The third kappa shape index (κ3) is 3.36. The van der Waals surface area contributed by atoms with E-state index in [0.717, 1.165) is 40.2 Å². The molecule has 0 unspecified atom stereocenters. The Morgan fingerprint density at radius 3 is 2.67 bits per heavy atom. The van der Waals surface area contributed by atoms with Crippen LogP contribution in [-0.4, -0.2) is 5.78 Å². The fourth-order valence-corrected chi connectivity index (χ4v) is 5.67. The molecule has 5 heteroatoms. The van der Waals surface area contributed by atoms with Gasteiger partial charge >= 0.3 is 0 Å². The van der Waals surface area contributed by atoms with Crippen LogP contribution in [0.2, 0.25) is 0 Å². The summed E-state index contributed by atoms with van der Waals surface area (Å²) in [7, 11) is 0. The minimum absolute atomic E-state index is 0.121. The lowest BCUT2D eigenvalue weighted by Gasteiger charge is -2.43. The summed E-state index contributed by atoms with van der Waals surface area (Å²) in [6.45, 7) is 8.39. The average molecular weight is 418 g/mol. The molecule has 0 fully saturated rings. The Balaban J connectivity index is 1.99. The predicted octanol–water partition coefficient (Wildman–Crippen LogP) is 5.56. The summed E-state index contributed by atoms with van der Waals surface area (Å²) in [5.41, 5.74) is 10.7. The molecule has 0 amide bonds. The lowest BCUT2D eigenvalue weighted by atomic mass is 9.69. The Labute approximate surface area is 182 Å². The highest BCUT2D eigenvalue weighted by atomic mass is 32.1. The van der Waals surface area contributed by atoms with Gasteiger partial charge in [-0.1, -0.05) is 32.9 Å². The van der Waals surface area contributed by atoms with Crippen molar-refractivity contribution in [1.82, 2.24) is 0 Å². The first-order valence-electron chi connectivity index (χ1n) is 10.4. The number of carbonyl (C=O) groups is 1. The van der Waals surface area contributed by atoms with Crippen LogP contribution in [0.1, 0.15) is 54.8 Å². The number of Topliss-reactive ketones (excluding diaryl/α,β-unsaturated/α-hetero) is 1. The van der Waals surface area contributed by atoms with E-state index >= 15 is 0 Å². The van der Waals surface area contributed by atoms with E-state index in [1.165, 1.54) is 4.88 Å². The van der Waals surface area contributed by atoms with Crippen LogP contribution < -0.4 is 10.6 Å². The third-order valence-corrected chi connectivity index (χ3v) is 7.25. The summed E-state index contributed by atoms with van der Waals surface area (Å²) < 4.78 is 0. The first kappa shape index (κ1) is 20.4. The maximum atomic E-state index is 13.5. The molecule has 2 N–H and O–H groups in total. The fraction of sp³-hybridized carbons (Fsp3) is 0.360. The van der Waals surface area contributed by atoms with Gasteiger partial charge in [0.05, 0.1) is 17.6 Å². The van der Waals surface area contributed by atoms with E-state index in [-0.39, 0.29) is 17.1 Å². The number of benzene rings is 1. The molecule has 1 aromatic heterocycles. The summed E-state index contributed by atoms with van der Waals surface area (Å²) in [6, 6.07) is 14.6. The minimum atomic E-state index is -0.375. The predicted molar refractivity (Wildman–Crippen MR) is 122 cm³/mol. The molecular formula is C25H27N3OS. The van der Waals surface area contributed by atoms with Crippen molar-refractivity contribution < 1.29 is 4.79 Å². The summed E-state index contributed by atoms with van der Waals surface area (Å²) in [5, 5.41) is 10.1. The van der Waals surface area contributed by atoms with Crippen molar-refractivity contribution in [3.8, 4) is 6.07 Å². The number of thiophene rings is 1. The Kier molecular flexibility index (Phi) is 5.07. The van der Waals surface area contributed by atoms with Gasteiger partial charge in [0, 0.05) is 33.1 Å². The molecule has 2 heterocycles. The van der Waals surface area contributed by atoms with Gasteiger partial charge in [-0.2, -0.15) is 5.26 Å². The van der Waals surface area contributed by atoms with Crippen LogP contribution in [0.3, 0.4) is 0 Å². The zero-order chi connectivity index (χ0) is 21.6.